The molecule has 114 valence electrons. The Morgan fingerprint density at radius 3 is 2.71 bits per heavy atom. The summed E-state index contributed by atoms with van der Waals surface area (Å²) in [6.45, 7) is 8.38. The standard InChI is InChI=1S/C17H25N3S/c1-17(2,3)19-13-14-7-5-10-18-16(14)20(4)11-9-15-8-6-12-21-15/h5-8,10,12,19H,9,11,13H2,1-4H3. The lowest BCUT2D eigenvalue weighted by atomic mass is 10.1. The molecular weight excluding hydrogens is 278 g/mol. The molecule has 21 heavy (non-hydrogen) atoms. The van der Waals surface area contributed by atoms with Crippen LogP contribution in [0.15, 0.2) is 35.8 Å². The quantitative estimate of drug-likeness (QED) is 0.882. The number of thiophene rings is 1. The highest BCUT2D eigenvalue weighted by Gasteiger charge is 2.13. The van der Waals surface area contributed by atoms with Gasteiger partial charge in [0, 0.05) is 42.3 Å². The number of nitrogens with zero attached hydrogens (tertiary/aromatic N) is 2. The topological polar surface area (TPSA) is 28.2 Å². The van der Waals surface area contributed by atoms with Crippen LogP contribution in [-0.2, 0) is 13.0 Å². The Balaban J connectivity index is 2.00. The van der Waals surface area contributed by atoms with Crippen LogP contribution < -0.4 is 10.2 Å². The molecule has 0 atom stereocenters. The van der Waals surface area contributed by atoms with Crippen LogP contribution in [-0.4, -0.2) is 24.1 Å². The molecule has 0 bridgehead atoms. The van der Waals surface area contributed by atoms with Gasteiger partial charge in [0.1, 0.15) is 5.82 Å². The minimum atomic E-state index is 0.114. The van der Waals surface area contributed by atoms with E-state index in [2.05, 4.69) is 66.6 Å². The van der Waals surface area contributed by atoms with E-state index in [1.165, 1.54) is 10.4 Å². The van der Waals surface area contributed by atoms with Crippen LogP contribution in [0, 0.1) is 0 Å². The fourth-order valence-electron chi connectivity index (χ4n) is 2.11. The van der Waals surface area contributed by atoms with Crippen LogP contribution in [0.3, 0.4) is 0 Å². The summed E-state index contributed by atoms with van der Waals surface area (Å²) in [5, 5.41) is 5.67. The van der Waals surface area contributed by atoms with E-state index in [1.54, 1.807) is 0 Å². The molecule has 0 aliphatic carbocycles. The molecule has 4 heteroatoms. The van der Waals surface area contributed by atoms with Gasteiger partial charge in [0.15, 0.2) is 0 Å². The Hall–Kier alpha value is -1.39. The second-order valence-electron chi connectivity index (χ2n) is 6.34. The van der Waals surface area contributed by atoms with Gasteiger partial charge in [-0.15, -0.1) is 11.3 Å². The molecular formula is C17H25N3S. The maximum Gasteiger partial charge on any atom is 0.132 e. The summed E-state index contributed by atoms with van der Waals surface area (Å²) in [6.07, 6.45) is 2.94. The molecule has 0 aliphatic heterocycles. The lowest BCUT2D eigenvalue weighted by Gasteiger charge is -2.24. The van der Waals surface area contributed by atoms with Gasteiger partial charge < -0.3 is 10.2 Å². The van der Waals surface area contributed by atoms with Crippen molar-refractivity contribution in [2.45, 2.75) is 39.3 Å². The first kappa shape index (κ1) is 16.0. The Labute approximate surface area is 132 Å². The minimum Gasteiger partial charge on any atom is -0.359 e. The molecule has 2 aromatic rings. The number of nitrogens with one attached hydrogen (secondary N) is 1. The van der Waals surface area contributed by atoms with Gasteiger partial charge in [-0.1, -0.05) is 12.1 Å². The summed E-state index contributed by atoms with van der Waals surface area (Å²) in [5.74, 6) is 1.07. The maximum atomic E-state index is 4.57. The molecule has 0 spiro atoms. The maximum absolute atomic E-state index is 4.57. The van der Waals surface area contributed by atoms with Gasteiger partial charge in [0.25, 0.3) is 0 Å². The summed E-state index contributed by atoms with van der Waals surface area (Å²) in [7, 11) is 2.12. The third-order valence-electron chi connectivity index (χ3n) is 3.31. The zero-order chi connectivity index (χ0) is 15.3. The van der Waals surface area contributed by atoms with Gasteiger partial charge in [-0.3, -0.25) is 0 Å². The van der Waals surface area contributed by atoms with Gasteiger partial charge in [-0.05, 0) is 44.7 Å². The second-order valence-corrected chi connectivity index (χ2v) is 7.37. The average molecular weight is 303 g/mol. The van der Waals surface area contributed by atoms with Crippen molar-refractivity contribution in [3.63, 3.8) is 0 Å². The summed E-state index contributed by atoms with van der Waals surface area (Å²) < 4.78 is 0. The zero-order valence-electron chi connectivity index (χ0n) is 13.4. The van der Waals surface area contributed by atoms with E-state index in [0.717, 1.165) is 25.3 Å². The first-order chi connectivity index (χ1) is 9.96. The van der Waals surface area contributed by atoms with Crippen molar-refractivity contribution in [3.05, 3.63) is 46.3 Å². The molecule has 0 radical (unpaired) electrons. The van der Waals surface area contributed by atoms with Crippen LogP contribution in [0.5, 0.6) is 0 Å². The van der Waals surface area contributed by atoms with Crippen molar-refractivity contribution < 1.29 is 0 Å². The molecule has 0 saturated carbocycles. The molecule has 2 heterocycles. The van der Waals surface area contributed by atoms with E-state index >= 15 is 0 Å². The number of aromatic nitrogens is 1. The third kappa shape index (κ3) is 5.14. The van der Waals surface area contributed by atoms with Crippen molar-refractivity contribution in [2.75, 3.05) is 18.5 Å². The summed E-state index contributed by atoms with van der Waals surface area (Å²) in [4.78, 5) is 8.24. The number of pyridine rings is 1. The van der Waals surface area contributed by atoms with Crippen LogP contribution in [0.2, 0.25) is 0 Å². The van der Waals surface area contributed by atoms with Gasteiger partial charge in [-0.25, -0.2) is 4.98 Å². The summed E-state index contributed by atoms with van der Waals surface area (Å²) in [6, 6.07) is 8.47. The molecule has 2 rings (SSSR count). The second kappa shape index (κ2) is 7.05. The van der Waals surface area contributed by atoms with Crippen LogP contribution in [0.1, 0.15) is 31.2 Å². The number of rotatable bonds is 6. The Morgan fingerprint density at radius 2 is 2.05 bits per heavy atom. The highest BCUT2D eigenvalue weighted by Crippen LogP contribution is 2.18. The van der Waals surface area contributed by atoms with E-state index in [0.29, 0.717) is 0 Å². The lowest BCUT2D eigenvalue weighted by molar-refractivity contribution is 0.424. The van der Waals surface area contributed by atoms with E-state index in [9.17, 15) is 0 Å². The van der Waals surface area contributed by atoms with E-state index < -0.39 is 0 Å². The van der Waals surface area contributed by atoms with Crippen molar-refractivity contribution in [1.29, 1.82) is 0 Å². The van der Waals surface area contributed by atoms with E-state index in [-0.39, 0.29) is 5.54 Å². The van der Waals surface area contributed by atoms with Gasteiger partial charge in [-0.2, -0.15) is 0 Å². The normalized spacial score (nSPS) is 11.6. The monoisotopic (exact) mass is 303 g/mol. The van der Waals surface area contributed by atoms with Crippen molar-refractivity contribution in [2.24, 2.45) is 0 Å². The Morgan fingerprint density at radius 1 is 1.24 bits per heavy atom. The molecule has 0 aliphatic rings. The zero-order valence-corrected chi connectivity index (χ0v) is 14.2. The molecule has 0 aromatic carbocycles. The predicted molar refractivity (Wildman–Crippen MR) is 92.1 cm³/mol. The molecule has 0 amide bonds. The smallest absolute Gasteiger partial charge is 0.132 e. The number of hydrogen-bond donors (Lipinski definition) is 1. The molecule has 0 unspecified atom stereocenters. The molecule has 3 nitrogen and oxygen atoms in total. The molecule has 2 aromatic heterocycles. The first-order valence-electron chi connectivity index (χ1n) is 7.38. The average Bonchev–Trinajstić information content (AvgIpc) is 2.95. The number of likely N-dealkylation sites (N-methyl/N-ethyl adjacent to an activating group) is 1. The Bertz CT molecular complexity index is 543. The number of anilines is 1. The van der Waals surface area contributed by atoms with Gasteiger partial charge in [0.05, 0.1) is 0 Å². The van der Waals surface area contributed by atoms with E-state index in [4.69, 9.17) is 0 Å². The first-order valence-corrected chi connectivity index (χ1v) is 8.26. The SMILES string of the molecule is CN(CCc1cccs1)c1ncccc1CNC(C)(C)C. The third-order valence-corrected chi connectivity index (χ3v) is 4.25. The van der Waals surface area contributed by atoms with Gasteiger partial charge >= 0.3 is 0 Å². The van der Waals surface area contributed by atoms with Gasteiger partial charge in [0.2, 0.25) is 0 Å². The number of hydrogen-bond acceptors (Lipinski definition) is 4. The highest BCUT2D eigenvalue weighted by molar-refractivity contribution is 7.09. The lowest BCUT2D eigenvalue weighted by Crippen LogP contribution is -2.35. The molecule has 0 fully saturated rings. The van der Waals surface area contributed by atoms with Crippen molar-refractivity contribution in [1.82, 2.24) is 10.3 Å². The molecule has 0 saturated heterocycles. The molecule has 1 N–H and O–H groups in total. The highest BCUT2D eigenvalue weighted by atomic mass is 32.1. The van der Waals surface area contributed by atoms with Crippen LogP contribution in [0.4, 0.5) is 5.82 Å². The van der Waals surface area contributed by atoms with Crippen LogP contribution >= 0.6 is 11.3 Å². The summed E-state index contributed by atoms with van der Waals surface area (Å²) >= 11 is 1.82. The largest absolute Gasteiger partial charge is 0.359 e. The van der Waals surface area contributed by atoms with E-state index in [1.807, 2.05) is 23.6 Å². The minimum absolute atomic E-state index is 0.114. The van der Waals surface area contributed by atoms with Crippen molar-refractivity contribution >= 4 is 17.2 Å². The van der Waals surface area contributed by atoms with Crippen molar-refractivity contribution in [3.8, 4) is 0 Å². The fraction of sp³-hybridized carbons (Fsp3) is 0.471. The fourth-order valence-corrected chi connectivity index (χ4v) is 2.81. The summed E-state index contributed by atoms with van der Waals surface area (Å²) in [5.41, 5.74) is 1.36. The van der Waals surface area contributed by atoms with Crippen LogP contribution in [0.25, 0.3) is 0 Å². The predicted octanol–water partition coefficient (Wildman–Crippen LogP) is 3.71. The Kier molecular flexibility index (Phi) is 5.37.